The van der Waals surface area contributed by atoms with Gasteiger partial charge in [0.1, 0.15) is 11.9 Å². The fourth-order valence-electron chi connectivity index (χ4n) is 3.66. The highest BCUT2D eigenvalue weighted by Crippen LogP contribution is 2.33. The van der Waals surface area contributed by atoms with Crippen LogP contribution in [-0.4, -0.2) is 29.4 Å². The van der Waals surface area contributed by atoms with Crippen LogP contribution in [0.4, 0.5) is 4.39 Å². The monoisotopic (exact) mass is 459 g/mol. The predicted octanol–water partition coefficient (Wildman–Crippen LogP) is 4.73. The molecule has 2 heterocycles. The fraction of sp³-hybridized carbons (Fsp3) is 0.217. The van der Waals surface area contributed by atoms with Crippen LogP contribution in [0.25, 0.3) is 22.5 Å². The summed E-state index contributed by atoms with van der Waals surface area (Å²) < 4.78 is 14.6. The van der Waals surface area contributed by atoms with E-state index in [9.17, 15) is 14.0 Å². The molecule has 0 radical (unpaired) electrons. The highest BCUT2D eigenvalue weighted by atomic mass is 35.5. The number of carbonyl (C=O) groups is 2. The lowest BCUT2D eigenvalue weighted by molar-refractivity contribution is -0.127. The molecule has 0 aliphatic carbocycles. The minimum Gasteiger partial charge on any atom is -0.354 e. The summed E-state index contributed by atoms with van der Waals surface area (Å²) in [6.45, 7) is 0.562. The van der Waals surface area contributed by atoms with E-state index in [0.717, 1.165) is 16.8 Å². The normalized spacial score (nSPS) is 15.7. The lowest BCUT2D eigenvalue weighted by Gasteiger charge is -2.10. The minimum atomic E-state index is -0.489. The number of rotatable bonds is 6. The molecule has 0 saturated carbocycles. The molecule has 1 fully saturated rings. The van der Waals surface area contributed by atoms with E-state index in [4.69, 9.17) is 23.2 Å². The van der Waals surface area contributed by atoms with Gasteiger partial charge in [-0.25, -0.2) is 4.39 Å². The molecule has 31 heavy (non-hydrogen) atoms. The van der Waals surface area contributed by atoms with Crippen molar-refractivity contribution in [2.75, 3.05) is 6.54 Å². The van der Waals surface area contributed by atoms with Gasteiger partial charge in [-0.3, -0.25) is 9.59 Å². The summed E-state index contributed by atoms with van der Waals surface area (Å²) in [6.07, 6.45) is 1.13. The van der Waals surface area contributed by atoms with E-state index in [1.165, 1.54) is 6.07 Å². The van der Waals surface area contributed by atoms with Crippen molar-refractivity contribution in [1.29, 1.82) is 0 Å². The van der Waals surface area contributed by atoms with Gasteiger partial charge in [0.05, 0.1) is 5.69 Å². The number of carbonyl (C=O) groups excluding carboxylic acids is 2. The van der Waals surface area contributed by atoms with Gasteiger partial charge in [-0.1, -0.05) is 35.3 Å². The molecule has 2 aromatic carbocycles. The zero-order chi connectivity index (χ0) is 22.0. The van der Waals surface area contributed by atoms with E-state index in [-0.39, 0.29) is 18.2 Å². The lowest BCUT2D eigenvalue weighted by atomic mass is 10.0. The van der Waals surface area contributed by atoms with Gasteiger partial charge in [0.15, 0.2) is 0 Å². The van der Waals surface area contributed by atoms with E-state index in [0.29, 0.717) is 40.7 Å². The van der Waals surface area contributed by atoms with Gasteiger partial charge in [0, 0.05) is 34.3 Å². The number of halogens is 3. The molecule has 0 spiro atoms. The summed E-state index contributed by atoms with van der Waals surface area (Å²) in [5.74, 6) is -0.840. The Hall–Kier alpha value is -2.83. The van der Waals surface area contributed by atoms with E-state index >= 15 is 0 Å². The number of nitrogens with one attached hydrogen (secondary N) is 3. The summed E-state index contributed by atoms with van der Waals surface area (Å²) in [5, 5.41) is 6.37. The van der Waals surface area contributed by atoms with Crippen molar-refractivity contribution in [3.63, 3.8) is 0 Å². The lowest BCUT2D eigenvalue weighted by Crippen LogP contribution is -2.40. The zero-order valence-corrected chi connectivity index (χ0v) is 18.0. The van der Waals surface area contributed by atoms with E-state index in [1.54, 1.807) is 24.3 Å². The highest BCUT2D eigenvalue weighted by Gasteiger charge is 2.25. The number of H-pyrrole nitrogens is 1. The third kappa shape index (κ3) is 4.92. The predicted molar refractivity (Wildman–Crippen MR) is 120 cm³/mol. The largest absolute Gasteiger partial charge is 0.354 e. The molecule has 1 aliphatic heterocycles. The molecule has 5 nitrogen and oxygen atoms in total. The van der Waals surface area contributed by atoms with Crippen molar-refractivity contribution >= 4 is 35.0 Å². The highest BCUT2D eigenvalue weighted by molar-refractivity contribution is 6.31. The third-order valence-corrected chi connectivity index (χ3v) is 5.75. The average molecular weight is 460 g/mol. The van der Waals surface area contributed by atoms with Crippen LogP contribution in [0.5, 0.6) is 0 Å². The molecule has 160 valence electrons. The van der Waals surface area contributed by atoms with Crippen LogP contribution in [0.3, 0.4) is 0 Å². The van der Waals surface area contributed by atoms with Crippen LogP contribution in [0.2, 0.25) is 10.0 Å². The maximum atomic E-state index is 14.6. The summed E-state index contributed by atoms with van der Waals surface area (Å²) in [6, 6.07) is 13.2. The first-order valence-corrected chi connectivity index (χ1v) is 10.7. The maximum absolute atomic E-state index is 14.6. The van der Waals surface area contributed by atoms with E-state index in [2.05, 4.69) is 15.6 Å². The smallest absolute Gasteiger partial charge is 0.242 e. The van der Waals surface area contributed by atoms with Crippen molar-refractivity contribution in [3.05, 3.63) is 70.0 Å². The van der Waals surface area contributed by atoms with E-state index < -0.39 is 11.9 Å². The average Bonchev–Trinajstić information content (AvgIpc) is 3.33. The fourth-order valence-corrected chi connectivity index (χ4v) is 3.94. The summed E-state index contributed by atoms with van der Waals surface area (Å²) in [4.78, 5) is 27.3. The molecule has 1 aromatic heterocycles. The van der Waals surface area contributed by atoms with Crippen molar-refractivity contribution in [2.45, 2.75) is 25.3 Å². The second kappa shape index (κ2) is 9.12. The topological polar surface area (TPSA) is 74.0 Å². The zero-order valence-electron chi connectivity index (χ0n) is 16.5. The maximum Gasteiger partial charge on any atom is 0.242 e. The number of aryl methyl sites for hydroxylation is 1. The summed E-state index contributed by atoms with van der Waals surface area (Å²) in [5.41, 5.74) is 3.42. The standard InChI is InChI=1S/C23H20Cl2FN3O2/c24-15-4-1-13(2-5-15)20-11-14(3-8-21(30)28-19-9-10-27-23(19)31)22(29-20)17-7-6-16(25)12-18(17)26/h1-2,4-7,11-12,19,29H,3,8-10H2,(H,27,31)(H,28,30). The van der Waals surface area contributed by atoms with Gasteiger partial charge in [-0.15, -0.1) is 0 Å². The van der Waals surface area contributed by atoms with Crippen LogP contribution in [-0.2, 0) is 16.0 Å². The van der Waals surface area contributed by atoms with Gasteiger partial charge >= 0.3 is 0 Å². The van der Waals surface area contributed by atoms with Crippen LogP contribution in [0.15, 0.2) is 48.5 Å². The van der Waals surface area contributed by atoms with Gasteiger partial charge in [-0.2, -0.15) is 0 Å². The minimum absolute atomic E-state index is 0.163. The van der Waals surface area contributed by atoms with Gasteiger partial charge in [0.2, 0.25) is 11.8 Å². The molecule has 2 amide bonds. The van der Waals surface area contributed by atoms with Crippen LogP contribution >= 0.6 is 23.2 Å². The molecular weight excluding hydrogens is 440 g/mol. The first-order chi connectivity index (χ1) is 14.9. The van der Waals surface area contributed by atoms with Crippen LogP contribution < -0.4 is 10.6 Å². The van der Waals surface area contributed by atoms with Gasteiger partial charge < -0.3 is 15.6 Å². The Balaban J connectivity index is 1.60. The van der Waals surface area contributed by atoms with Gasteiger partial charge in [0.25, 0.3) is 0 Å². The molecule has 1 unspecified atom stereocenters. The Morgan fingerprint density at radius 1 is 1.10 bits per heavy atom. The van der Waals surface area contributed by atoms with Crippen molar-refractivity contribution in [1.82, 2.24) is 15.6 Å². The van der Waals surface area contributed by atoms with Crippen molar-refractivity contribution < 1.29 is 14.0 Å². The first kappa shape index (κ1) is 21.4. The SMILES string of the molecule is O=C(CCc1cc(-c2ccc(Cl)cc2)[nH]c1-c1ccc(Cl)cc1F)NC1CCNC1=O. The second-order valence-corrected chi connectivity index (χ2v) is 8.29. The quantitative estimate of drug-likeness (QED) is 0.498. The van der Waals surface area contributed by atoms with E-state index in [1.807, 2.05) is 18.2 Å². The molecule has 1 saturated heterocycles. The number of hydrogen-bond acceptors (Lipinski definition) is 2. The molecule has 3 N–H and O–H groups in total. The summed E-state index contributed by atoms with van der Waals surface area (Å²) in [7, 11) is 0. The Morgan fingerprint density at radius 2 is 1.84 bits per heavy atom. The molecule has 3 aromatic rings. The van der Waals surface area contributed by atoms with Crippen LogP contribution in [0.1, 0.15) is 18.4 Å². The number of aromatic amines is 1. The Kier molecular flexibility index (Phi) is 6.30. The molecule has 0 bridgehead atoms. The Bertz CT molecular complexity index is 1130. The Labute approximate surface area is 188 Å². The second-order valence-electron chi connectivity index (χ2n) is 7.41. The summed E-state index contributed by atoms with van der Waals surface area (Å²) >= 11 is 11.9. The molecule has 8 heteroatoms. The van der Waals surface area contributed by atoms with Crippen LogP contribution in [0, 0.1) is 5.82 Å². The number of amides is 2. The molecule has 1 atom stereocenters. The molecule has 1 aliphatic rings. The Morgan fingerprint density at radius 3 is 2.52 bits per heavy atom. The van der Waals surface area contributed by atoms with Gasteiger partial charge in [-0.05, 0) is 60.4 Å². The number of aromatic nitrogens is 1. The molecular formula is C23H20Cl2FN3O2. The number of benzene rings is 2. The first-order valence-electron chi connectivity index (χ1n) is 9.91. The molecule has 4 rings (SSSR count). The third-order valence-electron chi connectivity index (χ3n) is 5.26. The van der Waals surface area contributed by atoms with Crippen molar-refractivity contribution in [3.8, 4) is 22.5 Å². The van der Waals surface area contributed by atoms with Crippen molar-refractivity contribution in [2.24, 2.45) is 0 Å². The number of hydrogen-bond donors (Lipinski definition) is 3.